The van der Waals surface area contributed by atoms with Gasteiger partial charge in [-0.05, 0) is 37.3 Å². The minimum absolute atomic E-state index is 0.0341. The number of amides is 1. The number of hydrogen-bond donors (Lipinski definition) is 2. The maximum Gasteiger partial charge on any atom is 0.283 e. The second-order valence-electron chi connectivity index (χ2n) is 6.61. The molecule has 11 heteroatoms. The number of carbonyl (C=O) groups is 1. The van der Waals surface area contributed by atoms with Gasteiger partial charge in [0, 0.05) is 11.3 Å². The van der Waals surface area contributed by atoms with Gasteiger partial charge in [0.25, 0.3) is 18.4 Å². The van der Waals surface area contributed by atoms with E-state index in [1.54, 1.807) is 0 Å². The minimum Gasteiger partial charge on any atom is -0.486 e. The third kappa shape index (κ3) is 4.61. The molecule has 1 aliphatic heterocycles. The van der Waals surface area contributed by atoms with E-state index in [0.29, 0.717) is 0 Å². The first kappa shape index (κ1) is 21.3. The molecule has 0 radical (unpaired) electrons. The van der Waals surface area contributed by atoms with Gasteiger partial charge in [0.1, 0.15) is 36.0 Å². The van der Waals surface area contributed by atoms with Crippen LogP contribution in [0.3, 0.4) is 0 Å². The van der Waals surface area contributed by atoms with Crippen molar-refractivity contribution in [3.63, 3.8) is 0 Å². The standard InChI is InChI=1S/C19H18F4N4O3/c1-19(15(21)8-30-18(24)27-19)12-6-10(2-4-13(12)20)26-17(28)14-5-3-11(7-25-14)29-9-16(22)23/h2-7,15-16H,8-9H2,1H3,(H2,24,27)(H,26,28)/t15-,19+/m0/s1. The summed E-state index contributed by atoms with van der Waals surface area (Å²) in [5.41, 5.74) is 3.91. The van der Waals surface area contributed by atoms with E-state index in [1.165, 1.54) is 31.2 Å². The van der Waals surface area contributed by atoms with Gasteiger partial charge in [0.05, 0.1) is 6.20 Å². The lowest BCUT2D eigenvalue weighted by molar-refractivity contribution is 0.0816. The zero-order valence-electron chi connectivity index (χ0n) is 15.7. The van der Waals surface area contributed by atoms with Crippen LogP contribution in [0.15, 0.2) is 41.5 Å². The van der Waals surface area contributed by atoms with Gasteiger partial charge in [-0.1, -0.05) is 0 Å². The summed E-state index contributed by atoms with van der Waals surface area (Å²) in [7, 11) is 0. The van der Waals surface area contributed by atoms with Gasteiger partial charge < -0.3 is 20.5 Å². The molecule has 1 aromatic heterocycles. The summed E-state index contributed by atoms with van der Waals surface area (Å²) < 4.78 is 62.8. The molecule has 0 saturated carbocycles. The SMILES string of the molecule is C[C@]1(c2cc(NC(=O)c3ccc(OCC(F)F)cn3)ccc2F)N=C(N)OC[C@@H]1F. The predicted molar refractivity (Wildman–Crippen MR) is 99.9 cm³/mol. The van der Waals surface area contributed by atoms with Crippen molar-refractivity contribution in [2.24, 2.45) is 10.7 Å². The van der Waals surface area contributed by atoms with Crippen LogP contribution in [-0.2, 0) is 10.3 Å². The number of amidine groups is 1. The fraction of sp³-hybridized carbons (Fsp3) is 0.316. The van der Waals surface area contributed by atoms with E-state index in [9.17, 15) is 22.4 Å². The molecule has 0 unspecified atom stereocenters. The number of nitrogens with one attached hydrogen (secondary N) is 1. The smallest absolute Gasteiger partial charge is 0.283 e. The lowest BCUT2D eigenvalue weighted by Crippen LogP contribution is -2.43. The van der Waals surface area contributed by atoms with Crippen molar-refractivity contribution in [2.75, 3.05) is 18.5 Å². The fourth-order valence-corrected chi connectivity index (χ4v) is 2.83. The predicted octanol–water partition coefficient (Wildman–Crippen LogP) is 3.02. The van der Waals surface area contributed by atoms with E-state index in [4.69, 9.17) is 15.2 Å². The zero-order valence-corrected chi connectivity index (χ0v) is 15.7. The number of aromatic nitrogens is 1. The normalized spacial score (nSPS) is 21.0. The maximum atomic E-state index is 14.5. The summed E-state index contributed by atoms with van der Waals surface area (Å²) in [6, 6.07) is 5.94. The second kappa shape index (κ2) is 8.56. The first-order chi connectivity index (χ1) is 14.2. The van der Waals surface area contributed by atoms with Crippen LogP contribution in [0.5, 0.6) is 5.75 Å². The number of nitrogens with zero attached hydrogens (tertiary/aromatic N) is 2. The van der Waals surface area contributed by atoms with Crippen molar-refractivity contribution in [1.29, 1.82) is 0 Å². The highest BCUT2D eigenvalue weighted by Crippen LogP contribution is 2.37. The number of halogens is 4. The van der Waals surface area contributed by atoms with Crippen molar-refractivity contribution in [3.8, 4) is 5.75 Å². The van der Waals surface area contributed by atoms with Crippen LogP contribution >= 0.6 is 0 Å². The summed E-state index contributed by atoms with van der Waals surface area (Å²) in [4.78, 5) is 20.1. The van der Waals surface area contributed by atoms with Crippen molar-refractivity contribution in [1.82, 2.24) is 4.98 Å². The number of anilines is 1. The number of pyridine rings is 1. The summed E-state index contributed by atoms with van der Waals surface area (Å²) in [5, 5.41) is 2.52. The highest BCUT2D eigenvalue weighted by atomic mass is 19.3. The molecule has 1 aromatic carbocycles. The molecule has 2 heterocycles. The molecule has 0 spiro atoms. The van der Waals surface area contributed by atoms with Gasteiger partial charge in [-0.3, -0.25) is 4.79 Å². The van der Waals surface area contributed by atoms with Gasteiger partial charge in [0.2, 0.25) is 0 Å². The van der Waals surface area contributed by atoms with E-state index < -0.39 is 36.5 Å². The van der Waals surface area contributed by atoms with Gasteiger partial charge in [0.15, 0.2) is 6.17 Å². The van der Waals surface area contributed by atoms with Crippen molar-refractivity contribution < 1.29 is 31.8 Å². The molecular weight excluding hydrogens is 408 g/mol. The van der Waals surface area contributed by atoms with Gasteiger partial charge in [-0.15, -0.1) is 0 Å². The molecule has 2 aromatic rings. The molecule has 1 aliphatic rings. The molecule has 2 atom stereocenters. The van der Waals surface area contributed by atoms with Crippen molar-refractivity contribution >= 4 is 17.6 Å². The maximum absolute atomic E-state index is 14.5. The topological polar surface area (TPSA) is 98.8 Å². The quantitative estimate of drug-likeness (QED) is 0.692. The van der Waals surface area contributed by atoms with E-state index in [1.807, 2.05) is 0 Å². The Hall–Kier alpha value is -3.37. The molecule has 1 amide bonds. The summed E-state index contributed by atoms with van der Waals surface area (Å²) in [6.07, 6.45) is -3.17. The largest absolute Gasteiger partial charge is 0.486 e. The summed E-state index contributed by atoms with van der Waals surface area (Å²) in [6.45, 7) is 0.195. The molecule has 0 fully saturated rings. The van der Waals surface area contributed by atoms with E-state index in [-0.39, 0.29) is 35.3 Å². The monoisotopic (exact) mass is 426 g/mol. The number of benzene rings is 1. The van der Waals surface area contributed by atoms with Crippen LogP contribution < -0.4 is 15.8 Å². The Morgan fingerprint density at radius 2 is 2.17 bits per heavy atom. The van der Waals surface area contributed by atoms with E-state index in [0.717, 1.165) is 12.3 Å². The molecule has 0 aliphatic carbocycles. The molecule has 160 valence electrons. The van der Waals surface area contributed by atoms with Gasteiger partial charge in [-0.25, -0.2) is 27.5 Å². The number of ether oxygens (including phenoxy) is 2. The highest BCUT2D eigenvalue weighted by molar-refractivity contribution is 6.02. The fourth-order valence-electron chi connectivity index (χ4n) is 2.83. The van der Waals surface area contributed by atoms with E-state index >= 15 is 0 Å². The molecule has 3 rings (SSSR count). The van der Waals surface area contributed by atoms with Crippen molar-refractivity contribution in [3.05, 3.63) is 53.6 Å². The summed E-state index contributed by atoms with van der Waals surface area (Å²) >= 11 is 0. The molecule has 0 saturated heterocycles. The minimum atomic E-state index is -2.64. The Labute approximate surface area is 168 Å². The molecular formula is C19H18F4N4O3. The van der Waals surface area contributed by atoms with Crippen LogP contribution in [0.1, 0.15) is 23.0 Å². The van der Waals surface area contributed by atoms with Crippen LogP contribution in [0, 0.1) is 5.82 Å². The first-order valence-electron chi connectivity index (χ1n) is 8.79. The number of carbonyl (C=O) groups excluding carboxylic acids is 1. The Balaban J connectivity index is 1.78. The number of hydrogen-bond acceptors (Lipinski definition) is 6. The third-order valence-corrected chi connectivity index (χ3v) is 4.44. The number of aliphatic imine (C=N–C) groups is 1. The van der Waals surface area contributed by atoms with Crippen LogP contribution in [-0.4, -0.2) is 42.7 Å². The van der Waals surface area contributed by atoms with Gasteiger partial charge in [-0.2, -0.15) is 0 Å². The van der Waals surface area contributed by atoms with Crippen molar-refractivity contribution in [2.45, 2.75) is 25.1 Å². The van der Waals surface area contributed by atoms with Crippen LogP contribution in [0.25, 0.3) is 0 Å². The Kier molecular flexibility index (Phi) is 6.09. The van der Waals surface area contributed by atoms with E-state index in [2.05, 4.69) is 15.3 Å². The first-order valence-corrected chi connectivity index (χ1v) is 8.79. The van der Waals surface area contributed by atoms with Crippen LogP contribution in [0.4, 0.5) is 23.2 Å². The zero-order chi connectivity index (χ0) is 21.9. The van der Waals surface area contributed by atoms with Crippen LogP contribution in [0.2, 0.25) is 0 Å². The molecule has 3 N–H and O–H groups in total. The Morgan fingerprint density at radius 1 is 1.40 bits per heavy atom. The molecule has 0 bridgehead atoms. The number of rotatable bonds is 6. The Morgan fingerprint density at radius 3 is 2.83 bits per heavy atom. The second-order valence-corrected chi connectivity index (χ2v) is 6.61. The lowest BCUT2D eigenvalue weighted by atomic mass is 9.86. The summed E-state index contributed by atoms with van der Waals surface area (Å²) in [5.74, 6) is -1.30. The Bertz CT molecular complexity index is 955. The average Bonchev–Trinajstić information content (AvgIpc) is 2.71. The highest BCUT2D eigenvalue weighted by Gasteiger charge is 2.42. The number of nitrogens with two attached hydrogens (primary N) is 1. The lowest BCUT2D eigenvalue weighted by Gasteiger charge is -2.33. The molecule has 30 heavy (non-hydrogen) atoms. The van der Waals surface area contributed by atoms with Gasteiger partial charge >= 0.3 is 0 Å². The average molecular weight is 426 g/mol. The number of alkyl halides is 3. The molecule has 7 nitrogen and oxygen atoms in total. The third-order valence-electron chi connectivity index (χ3n) is 4.44.